The maximum absolute atomic E-state index is 5.63. The summed E-state index contributed by atoms with van der Waals surface area (Å²) in [6.07, 6.45) is 6.96. The molecule has 1 aromatic heterocycles. The summed E-state index contributed by atoms with van der Waals surface area (Å²) in [4.78, 5) is 8.75. The first-order chi connectivity index (χ1) is 9.33. The lowest BCUT2D eigenvalue weighted by Gasteiger charge is -2.06. The van der Waals surface area contributed by atoms with Gasteiger partial charge in [0.25, 0.3) is 0 Å². The minimum Gasteiger partial charge on any atom is -0.494 e. The van der Waals surface area contributed by atoms with Crippen molar-refractivity contribution in [2.45, 2.75) is 33.1 Å². The third-order valence-corrected chi connectivity index (χ3v) is 2.99. The molecule has 2 aromatic rings. The average Bonchev–Trinajstić information content (AvgIpc) is 2.48. The number of nitrogens with zero attached hydrogens (tertiary/aromatic N) is 2. The van der Waals surface area contributed by atoms with Crippen LogP contribution in [0.25, 0.3) is 11.4 Å². The second kappa shape index (κ2) is 6.88. The monoisotopic (exact) mass is 256 g/mol. The van der Waals surface area contributed by atoms with Gasteiger partial charge in [-0.3, -0.25) is 0 Å². The molecular weight excluding hydrogens is 236 g/mol. The summed E-state index contributed by atoms with van der Waals surface area (Å²) < 4.78 is 5.63. The fourth-order valence-corrected chi connectivity index (χ4v) is 1.72. The van der Waals surface area contributed by atoms with Crippen molar-refractivity contribution in [1.82, 2.24) is 9.97 Å². The SMILES string of the molecule is CCCCOc1ccc(-c2ncc(CC)cn2)cc1. The Hall–Kier alpha value is -1.90. The summed E-state index contributed by atoms with van der Waals surface area (Å²) in [6.45, 7) is 5.03. The summed E-state index contributed by atoms with van der Waals surface area (Å²) in [5, 5.41) is 0. The van der Waals surface area contributed by atoms with Gasteiger partial charge in [-0.1, -0.05) is 20.3 Å². The van der Waals surface area contributed by atoms with Gasteiger partial charge in [-0.25, -0.2) is 9.97 Å². The Balaban J connectivity index is 2.04. The molecule has 1 aromatic carbocycles. The molecule has 1 heterocycles. The number of benzene rings is 1. The number of rotatable bonds is 6. The van der Waals surface area contributed by atoms with Gasteiger partial charge in [0.05, 0.1) is 6.61 Å². The van der Waals surface area contributed by atoms with Crippen molar-refractivity contribution >= 4 is 0 Å². The first-order valence-electron chi connectivity index (χ1n) is 6.87. The van der Waals surface area contributed by atoms with Crippen LogP contribution in [0.5, 0.6) is 5.75 Å². The predicted molar refractivity (Wildman–Crippen MR) is 77.2 cm³/mol. The fourth-order valence-electron chi connectivity index (χ4n) is 1.72. The highest BCUT2D eigenvalue weighted by Gasteiger charge is 2.01. The number of unbranched alkanes of at least 4 members (excludes halogenated alkanes) is 1. The predicted octanol–water partition coefficient (Wildman–Crippen LogP) is 3.88. The summed E-state index contributed by atoms with van der Waals surface area (Å²) >= 11 is 0. The quantitative estimate of drug-likeness (QED) is 0.735. The van der Waals surface area contributed by atoms with Crippen molar-refractivity contribution in [3.63, 3.8) is 0 Å². The van der Waals surface area contributed by atoms with Crippen molar-refractivity contribution in [3.8, 4) is 17.1 Å². The van der Waals surface area contributed by atoms with Gasteiger partial charge in [0, 0.05) is 18.0 Å². The fraction of sp³-hybridized carbons (Fsp3) is 0.375. The number of hydrogen-bond acceptors (Lipinski definition) is 3. The lowest BCUT2D eigenvalue weighted by Crippen LogP contribution is -1.96. The minimum atomic E-state index is 0.761. The van der Waals surface area contributed by atoms with Gasteiger partial charge in [0.15, 0.2) is 5.82 Å². The molecule has 0 aliphatic rings. The number of hydrogen-bond donors (Lipinski definition) is 0. The Bertz CT molecular complexity index is 491. The molecule has 0 unspecified atom stereocenters. The molecule has 0 amide bonds. The van der Waals surface area contributed by atoms with E-state index in [2.05, 4.69) is 23.8 Å². The van der Waals surface area contributed by atoms with E-state index in [9.17, 15) is 0 Å². The van der Waals surface area contributed by atoms with Crippen LogP contribution in [0.2, 0.25) is 0 Å². The zero-order valence-corrected chi connectivity index (χ0v) is 11.6. The van der Waals surface area contributed by atoms with Gasteiger partial charge in [-0.05, 0) is 42.7 Å². The maximum atomic E-state index is 5.63. The van der Waals surface area contributed by atoms with Gasteiger partial charge < -0.3 is 4.74 Å². The number of aryl methyl sites for hydroxylation is 1. The van der Waals surface area contributed by atoms with E-state index >= 15 is 0 Å². The molecule has 0 radical (unpaired) electrons. The van der Waals surface area contributed by atoms with Crippen LogP contribution in [-0.2, 0) is 6.42 Å². The smallest absolute Gasteiger partial charge is 0.159 e. The van der Waals surface area contributed by atoms with E-state index in [4.69, 9.17) is 4.74 Å². The van der Waals surface area contributed by atoms with Crippen molar-refractivity contribution in [2.24, 2.45) is 0 Å². The van der Waals surface area contributed by atoms with Crippen molar-refractivity contribution in [3.05, 3.63) is 42.2 Å². The van der Waals surface area contributed by atoms with Gasteiger partial charge in [0.2, 0.25) is 0 Å². The Kier molecular flexibility index (Phi) is 4.90. The molecule has 0 fully saturated rings. The second-order valence-corrected chi connectivity index (χ2v) is 4.49. The first-order valence-corrected chi connectivity index (χ1v) is 6.87. The Morgan fingerprint density at radius 1 is 1.00 bits per heavy atom. The first kappa shape index (κ1) is 13.5. The van der Waals surface area contributed by atoms with Crippen LogP contribution in [0.4, 0.5) is 0 Å². The molecular formula is C16H20N2O. The molecule has 0 bridgehead atoms. The minimum absolute atomic E-state index is 0.761. The van der Waals surface area contributed by atoms with E-state index in [1.165, 1.54) is 0 Å². The molecule has 100 valence electrons. The number of aromatic nitrogens is 2. The normalized spacial score (nSPS) is 10.4. The topological polar surface area (TPSA) is 35.0 Å². The highest BCUT2D eigenvalue weighted by atomic mass is 16.5. The average molecular weight is 256 g/mol. The van der Waals surface area contributed by atoms with E-state index in [0.29, 0.717) is 0 Å². The molecule has 0 aliphatic heterocycles. The third kappa shape index (κ3) is 3.78. The highest BCUT2D eigenvalue weighted by molar-refractivity contribution is 5.55. The maximum Gasteiger partial charge on any atom is 0.159 e. The van der Waals surface area contributed by atoms with E-state index in [1.807, 2.05) is 36.7 Å². The number of ether oxygens (including phenoxy) is 1. The van der Waals surface area contributed by atoms with Crippen LogP contribution < -0.4 is 4.74 Å². The summed E-state index contributed by atoms with van der Waals surface area (Å²) in [5.41, 5.74) is 2.17. The molecule has 2 rings (SSSR count). The zero-order chi connectivity index (χ0) is 13.5. The van der Waals surface area contributed by atoms with Gasteiger partial charge >= 0.3 is 0 Å². The third-order valence-electron chi connectivity index (χ3n) is 2.99. The summed E-state index contributed by atoms with van der Waals surface area (Å²) in [5.74, 6) is 1.67. The molecule has 19 heavy (non-hydrogen) atoms. The Morgan fingerprint density at radius 2 is 1.68 bits per heavy atom. The van der Waals surface area contributed by atoms with Crippen LogP contribution in [0.1, 0.15) is 32.3 Å². The molecule has 0 spiro atoms. The molecule has 0 saturated heterocycles. The van der Waals surface area contributed by atoms with Crippen LogP contribution in [0.3, 0.4) is 0 Å². The van der Waals surface area contributed by atoms with Crippen LogP contribution >= 0.6 is 0 Å². The van der Waals surface area contributed by atoms with E-state index < -0.39 is 0 Å². The van der Waals surface area contributed by atoms with E-state index in [-0.39, 0.29) is 0 Å². The molecule has 3 nitrogen and oxygen atoms in total. The lowest BCUT2D eigenvalue weighted by molar-refractivity contribution is 0.309. The Labute approximate surface area is 114 Å². The summed E-state index contributed by atoms with van der Waals surface area (Å²) in [6, 6.07) is 7.95. The van der Waals surface area contributed by atoms with Crippen LogP contribution in [0.15, 0.2) is 36.7 Å². The van der Waals surface area contributed by atoms with Gasteiger partial charge in [-0.2, -0.15) is 0 Å². The summed E-state index contributed by atoms with van der Waals surface area (Å²) in [7, 11) is 0. The van der Waals surface area contributed by atoms with Crippen molar-refractivity contribution in [1.29, 1.82) is 0 Å². The Morgan fingerprint density at radius 3 is 2.26 bits per heavy atom. The molecule has 0 aliphatic carbocycles. The van der Waals surface area contributed by atoms with E-state index in [1.54, 1.807) is 0 Å². The van der Waals surface area contributed by atoms with Gasteiger partial charge in [-0.15, -0.1) is 0 Å². The molecule has 0 atom stereocenters. The molecule has 3 heteroatoms. The highest BCUT2D eigenvalue weighted by Crippen LogP contribution is 2.19. The molecule has 0 saturated carbocycles. The van der Waals surface area contributed by atoms with Crippen molar-refractivity contribution in [2.75, 3.05) is 6.61 Å². The largest absolute Gasteiger partial charge is 0.494 e. The standard InChI is InChI=1S/C16H20N2O/c1-3-5-10-19-15-8-6-14(7-9-15)16-17-11-13(4-2)12-18-16/h6-9,11-12H,3-5,10H2,1-2H3. The van der Waals surface area contributed by atoms with Crippen LogP contribution in [-0.4, -0.2) is 16.6 Å². The molecule has 0 N–H and O–H groups in total. The van der Waals surface area contributed by atoms with Crippen LogP contribution in [0, 0.1) is 0 Å². The second-order valence-electron chi connectivity index (χ2n) is 4.49. The lowest BCUT2D eigenvalue weighted by atomic mass is 10.2. The van der Waals surface area contributed by atoms with E-state index in [0.717, 1.165) is 48.6 Å². The zero-order valence-electron chi connectivity index (χ0n) is 11.6. The van der Waals surface area contributed by atoms with Crippen molar-refractivity contribution < 1.29 is 4.74 Å². The van der Waals surface area contributed by atoms with Gasteiger partial charge in [0.1, 0.15) is 5.75 Å².